The van der Waals surface area contributed by atoms with E-state index in [1.54, 1.807) is 4.90 Å². The lowest BCUT2D eigenvalue weighted by Gasteiger charge is -2.24. The van der Waals surface area contributed by atoms with Crippen LogP contribution in [0.3, 0.4) is 0 Å². The molecule has 1 radical (unpaired) electrons. The van der Waals surface area contributed by atoms with Gasteiger partial charge in [0.15, 0.2) is 0 Å². The Balaban J connectivity index is 1.95. The summed E-state index contributed by atoms with van der Waals surface area (Å²) < 4.78 is 5.37. The molecule has 1 heterocycles. The molecular weight excluding hydrogens is 226 g/mol. The zero-order chi connectivity index (χ0) is 13.2. The van der Waals surface area contributed by atoms with Crippen molar-refractivity contribution in [2.24, 2.45) is 0 Å². The van der Waals surface area contributed by atoms with Crippen LogP contribution in [0.1, 0.15) is 32.3 Å². The van der Waals surface area contributed by atoms with Gasteiger partial charge in [0.1, 0.15) is 5.60 Å². The van der Waals surface area contributed by atoms with Crippen LogP contribution in [0.4, 0.5) is 4.79 Å². The molecule has 1 unspecified atom stereocenters. The van der Waals surface area contributed by atoms with E-state index in [2.05, 4.69) is 18.6 Å². The molecule has 2 rings (SSSR count). The van der Waals surface area contributed by atoms with Gasteiger partial charge in [-0.15, -0.1) is 0 Å². The summed E-state index contributed by atoms with van der Waals surface area (Å²) in [4.78, 5) is 13.7. The second kappa shape index (κ2) is 5.01. The molecule has 1 amide bonds. The summed E-state index contributed by atoms with van der Waals surface area (Å²) >= 11 is 0. The van der Waals surface area contributed by atoms with Gasteiger partial charge >= 0.3 is 6.09 Å². The molecule has 1 aliphatic rings. The molecule has 1 atom stereocenters. The van der Waals surface area contributed by atoms with Gasteiger partial charge in [-0.25, -0.2) is 4.79 Å². The molecule has 1 aromatic carbocycles. The highest BCUT2D eigenvalue weighted by Gasteiger charge is 2.30. The molecule has 18 heavy (non-hydrogen) atoms. The van der Waals surface area contributed by atoms with Crippen LogP contribution in [-0.4, -0.2) is 29.7 Å². The van der Waals surface area contributed by atoms with Crippen LogP contribution in [0, 0.1) is 6.42 Å². The summed E-state index contributed by atoms with van der Waals surface area (Å²) in [7, 11) is 0. The minimum atomic E-state index is -0.429. The van der Waals surface area contributed by atoms with E-state index in [0.717, 1.165) is 0 Å². The molecule has 1 saturated heterocycles. The van der Waals surface area contributed by atoms with E-state index in [4.69, 9.17) is 4.74 Å². The van der Waals surface area contributed by atoms with Crippen molar-refractivity contribution in [3.8, 4) is 0 Å². The van der Waals surface area contributed by atoms with Crippen LogP contribution in [0.25, 0.3) is 0 Å². The molecule has 1 aliphatic heterocycles. The van der Waals surface area contributed by atoms with Crippen molar-refractivity contribution in [3.63, 3.8) is 0 Å². The first-order valence-electron chi connectivity index (χ1n) is 6.32. The van der Waals surface area contributed by atoms with Crippen molar-refractivity contribution in [2.45, 2.75) is 32.3 Å². The Kier molecular flexibility index (Phi) is 3.60. The van der Waals surface area contributed by atoms with Crippen LogP contribution in [0.15, 0.2) is 30.3 Å². The second-order valence-electron chi connectivity index (χ2n) is 5.64. The molecule has 0 aromatic heterocycles. The van der Waals surface area contributed by atoms with E-state index in [-0.39, 0.29) is 6.09 Å². The summed E-state index contributed by atoms with van der Waals surface area (Å²) in [5, 5.41) is 0. The van der Waals surface area contributed by atoms with Crippen molar-refractivity contribution in [2.75, 3.05) is 13.1 Å². The van der Waals surface area contributed by atoms with Crippen LogP contribution in [0.2, 0.25) is 0 Å². The van der Waals surface area contributed by atoms with Crippen molar-refractivity contribution < 1.29 is 9.53 Å². The molecule has 0 N–H and O–H groups in total. The Bertz CT molecular complexity index is 408. The molecule has 97 valence electrons. The first kappa shape index (κ1) is 12.9. The highest BCUT2D eigenvalue weighted by atomic mass is 16.6. The summed E-state index contributed by atoms with van der Waals surface area (Å²) in [6.07, 6.45) is 1.94. The third-order valence-corrected chi connectivity index (χ3v) is 2.91. The maximum absolute atomic E-state index is 11.9. The molecule has 3 nitrogen and oxygen atoms in total. The molecule has 0 aliphatic carbocycles. The molecule has 3 heteroatoms. The number of carbonyl (C=O) groups excluding carboxylic acids is 1. The molecular formula is C15H20NO2. The van der Waals surface area contributed by atoms with Gasteiger partial charge in [0, 0.05) is 19.0 Å². The first-order valence-corrected chi connectivity index (χ1v) is 6.32. The van der Waals surface area contributed by atoms with Gasteiger partial charge in [-0.05, 0) is 32.8 Å². The van der Waals surface area contributed by atoms with Gasteiger partial charge < -0.3 is 9.64 Å². The standard InChI is InChI=1S/C15H20NO2/c1-15(2,3)18-14(17)16-10-9-13(11-16)12-7-5-4-6-8-12/h4-9,13H,10-11H2,1-3H3. The fraction of sp³-hybridized carbons (Fsp3) is 0.467. The van der Waals surface area contributed by atoms with Gasteiger partial charge in [-0.3, -0.25) is 0 Å². The Hall–Kier alpha value is -1.51. The van der Waals surface area contributed by atoms with Gasteiger partial charge in [0.25, 0.3) is 0 Å². The Labute approximate surface area is 109 Å². The fourth-order valence-electron chi connectivity index (χ4n) is 2.06. The van der Waals surface area contributed by atoms with Gasteiger partial charge in [-0.1, -0.05) is 30.3 Å². The number of hydrogen-bond donors (Lipinski definition) is 0. The maximum atomic E-state index is 11.9. The maximum Gasteiger partial charge on any atom is 0.410 e. The zero-order valence-corrected chi connectivity index (χ0v) is 11.2. The van der Waals surface area contributed by atoms with Crippen molar-refractivity contribution in [1.29, 1.82) is 0 Å². The number of carbonyl (C=O) groups is 1. The minimum Gasteiger partial charge on any atom is -0.444 e. The van der Waals surface area contributed by atoms with Crippen molar-refractivity contribution in [3.05, 3.63) is 42.3 Å². The highest BCUT2D eigenvalue weighted by Crippen LogP contribution is 2.27. The molecule has 1 aromatic rings. The second-order valence-corrected chi connectivity index (χ2v) is 5.64. The van der Waals surface area contributed by atoms with Crippen LogP contribution in [0.5, 0.6) is 0 Å². The predicted octanol–water partition coefficient (Wildman–Crippen LogP) is 3.23. The third-order valence-electron chi connectivity index (χ3n) is 2.91. The van der Waals surface area contributed by atoms with Crippen molar-refractivity contribution >= 4 is 6.09 Å². The van der Waals surface area contributed by atoms with Crippen LogP contribution >= 0.6 is 0 Å². The Morgan fingerprint density at radius 1 is 1.28 bits per heavy atom. The third kappa shape index (κ3) is 3.25. The predicted molar refractivity (Wildman–Crippen MR) is 71.3 cm³/mol. The average Bonchev–Trinajstić information content (AvgIpc) is 2.77. The topological polar surface area (TPSA) is 29.5 Å². The summed E-state index contributed by atoms with van der Waals surface area (Å²) in [6, 6.07) is 10.3. The largest absolute Gasteiger partial charge is 0.444 e. The van der Waals surface area contributed by atoms with E-state index in [1.165, 1.54) is 5.56 Å². The fourth-order valence-corrected chi connectivity index (χ4v) is 2.06. The van der Waals surface area contributed by atoms with Gasteiger partial charge in [-0.2, -0.15) is 0 Å². The normalized spacial score (nSPS) is 19.9. The Morgan fingerprint density at radius 2 is 1.94 bits per heavy atom. The summed E-state index contributed by atoms with van der Waals surface area (Å²) in [6.45, 7) is 7.03. The monoisotopic (exact) mass is 246 g/mol. The molecule has 1 fully saturated rings. The number of amides is 1. The number of nitrogens with zero attached hydrogens (tertiary/aromatic N) is 1. The average molecular weight is 246 g/mol. The lowest BCUT2D eigenvalue weighted by atomic mass is 9.99. The van der Waals surface area contributed by atoms with E-state index in [0.29, 0.717) is 19.0 Å². The van der Waals surface area contributed by atoms with E-state index < -0.39 is 5.60 Å². The smallest absolute Gasteiger partial charge is 0.410 e. The number of likely N-dealkylation sites (tertiary alicyclic amines) is 1. The van der Waals surface area contributed by atoms with Gasteiger partial charge in [0.2, 0.25) is 0 Å². The molecule has 0 bridgehead atoms. The first-order chi connectivity index (χ1) is 8.46. The number of ether oxygens (including phenoxy) is 1. The molecule has 0 spiro atoms. The summed E-state index contributed by atoms with van der Waals surface area (Å²) in [5.74, 6) is 0.318. The lowest BCUT2D eigenvalue weighted by Crippen LogP contribution is -2.35. The number of benzene rings is 1. The number of rotatable bonds is 1. The van der Waals surface area contributed by atoms with E-state index >= 15 is 0 Å². The highest BCUT2D eigenvalue weighted by molar-refractivity contribution is 5.69. The van der Waals surface area contributed by atoms with E-state index in [1.807, 2.05) is 39.0 Å². The number of hydrogen-bond acceptors (Lipinski definition) is 2. The quantitative estimate of drug-likeness (QED) is 0.761. The SMILES string of the molecule is CC(C)(C)OC(=O)N1C[CH]C(c2ccccc2)C1. The van der Waals surface area contributed by atoms with Crippen LogP contribution < -0.4 is 0 Å². The molecule has 0 saturated carbocycles. The summed E-state index contributed by atoms with van der Waals surface area (Å²) in [5.41, 5.74) is 0.825. The lowest BCUT2D eigenvalue weighted by molar-refractivity contribution is 0.0296. The minimum absolute atomic E-state index is 0.225. The van der Waals surface area contributed by atoms with Crippen LogP contribution in [-0.2, 0) is 4.74 Å². The van der Waals surface area contributed by atoms with E-state index in [9.17, 15) is 4.79 Å². The van der Waals surface area contributed by atoms with Crippen molar-refractivity contribution in [1.82, 2.24) is 4.90 Å². The zero-order valence-electron chi connectivity index (χ0n) is 11.2. The Morgan fingerprint density at radius 3 is 2.56 bits per heavy atom. The van der Waals surface area contributed by atoms with Gasteiger partial charge in [0.05, 0.1) is 0 Å².